The minimum absolute atomic E-state index is 0.0875. The topological polar surface area (TPSA) is 105 Å². The summed E-state index contributed by atoms with van der Waals surface area (Å²) in [5.74, 6) is -1.50. The zero-order valence-corrected chi connectivity index (χ0v) is 13.5. The van der Waals surface area contributed by atoms with Gasteiger partial charge in [0.2, 0.25) is 11.7 Å². The van der Waals surface area contributed by atoms with Crippen molar-refractivity contribution in [3.8, 4) is 0 Å². The van der Waals surface area contributed by atoms with E-state index >= 15 is 0 Å². The fraction of sp³-hybridized carbons (Fsp3) is 0.500. The Balaban J connectivity index is 1.53. The van der Waals surface area contributed by atoms with E-state index in [2.05, 4.69) is 10.6 Å². The van der Waals surface area contributed by atoms with Crippen molar-refractivity contribution in [1.29, 1.82) is 0 Å². The number of nitro groups is 1. The van der Waals surface area contributed by atoms with Gasteiger partial charge in [0.25, 0.3) is 0 Å². The molecule has 134 valence electrons. The van der Waals surface area contributed by atoms with E-state index in [-0.39, 0.29) is 23.5 Å². The summed E-state index contributed by atoms with van der Waals surface area (Å²) in [4.78, 5) is 35.9. The average Bonchev–Trinajstić information content (AvgIpc) is 3.40. The molecule has 0 spiro atoms. The number of likely N-dealkylation sites (tertiary alicyclic amines) is 1. The van der Waals surface area contributed by atoms with Crippen LogP contribution < -0.4 is 10.6 Å². The normalized spacial score (nSPS) is 17.9. The summed E-state index contributed by atoms with van der Waals surface area (Å²) in [7, 11) is 0. The molecule has 1 saturated carbocycles. The Morgan fingerprint density at radius 2 is 1.88 bits per heavy atom. The van der Waals surface area contributed by atoms with Crippen LogP contribution in [0.1, 0.15) is 25.7 Å². The highest BCUT2D eigenvalue weighted by Crippen LogP contribution is 2.24. The van der Waals surface area contributed by atoms with Crippen molar-refractivity contribution in [2.45, 2.75) is 31.7 Å². The Bertz CT molecular complexity index is 699. The molecule has 1 aromatic rings. The van der Waals surface area contributed by atoms with Gasteiger partial charge in [0.15, 0.2) is 0 Å². The maximum Gasteiger partial charge on any atom is 0.317 e. The lowest BCUT2D eigenvalue weighted by Crippen LogP contribution is -2.46. The second kappa shape index (κ2) is 7.04. The predicted molar refractivity (Wildman–Crippen MR) is 87.5 cm³/mol. The standard InChI is InChI=1S/C16H19FN4O4/c17-13-4-3-12(9-14(13)21(24)25)18-15(22)10-5-7-20(8-6-10)16(23)19-11-1-2-11/h3-4,9-11H,1-2,5-8H2,(H,18,22)(H,19,23). The average molecular weight is 350 g/mol. The number of nitrogens with one attached hydrogen (secondary N) is 2. The van der Waals surface area contributed by atoms with E-state index < -0.39 is 16.4 Å². The number of piperidine rings is 1. The Hall–Kier alpha value is -2.71. The van der Waals surface area contributed by atoms with Crippen molar-refractivity contribution >= 4 is 23.3 Å². The summed E-state index contributed by atoms with van der Waals surface area (Å²) in [5.41, 5.74) is -0.489. The molecule has 25 heavy (non-hydrogen) atoms. The third-order valence-electron chi connectivity index (χ3n) is 4.47. The summed E-state index contributed by atoms with van der Waals surface area (Å²) < 4.78 is 13.3. The summed E-state index contributed by atoms with van der Waals surface area (Å²) in [6.45, 7) is 0.973. The molecule has 0 bridgehead atoms. The molecule has 0 unspecified atom stereocenters. The molecule has 1 aliphatic heterocycles. The van der Waals surface area contributed by atoms with Crippen LogP contribution in [0.5, 0.6) is 0 Å². The van der Waals surface area contributed by atoms with Gasteiger partial charge >= 0.3 is 11.7 Å². The van der Waals surface area contributed by atoms with E-state index in [0.717, 1.165) is 25.0 Å². The molecule has 0 atom stereocenters. The van der Waals surface area contributed by atoms with Crippen molar-refractivity contribution < 1.29 is 18.9 Å². The van der Waals surface area contributed by atoms with Gasteiger partial charge in [-0.25, -0.2) is 4.79 Å². The second-order valence-corrected chi connectivity index (χ2v) is 6.40. The van der Waals surface area contributed by atoms with Gasteiger partial charge in [-0.05, 0) is 37.8 Å². The monoisotopic (exact) mass is 350 g/mol. The van der Waals surface area contributed by atoms with Crippen molar-refractivity contribution in [1.82, 2.24) is 10.2 Å². The van der Waals surface area contributed by atoms with Crippen LogP contribution in [-0.4, -0.2) is 40.9 Å². The molecular weight excluding hydrogens is 331 g/mol. The van der Waals surface area contributed by atoms with Gasteiger partial charge in [0, 0.05) is 36.8 Å². The molecule has 1 saturated heterocycles. The van der Waals surface area contributed by atoms with Crippen LogP contribution in [0, 0.1) is 21.8 Å². The second-order valence-electron chi connectivity index (χ2n) is 6.40. The molecule has 9 heteroatoms. The van der Waals surface area contributed by atoms with E-state index in [1.165, 1.54) is 6.07 Å². The Morgan fingerprint density at radius 3 is 2.48 bits per heavy atom. The van der Waals surface area contributed by atoms with Gasteiger partial charge in [0.05, 0.1) is 4.92 Å². The molecule has 8 nitrogen and oxygen atoms in total. The number of hydrogen-bond donors (Lipinski definition) is 2. The van der Waals surface area contributed by atoms with Gasteiger partial charge < -0.3 is 15.5 Å². The summed E-state index contributed by atoms with van der Waals surface area (Å²) in [6, 6.07) is 3.46. The van der Waals surface area contributed by atoms with E-state index in [1.54, 1.807) is 4.90 Å². The number of carbonyl (C=O) groups is 2. The van der Waals surface area contributed by atoms with Crippen LogP contribution in [0.3, 0.4) is 0 Å². The Kier molecular flexibility index (Phi) is 4.82. The summed E-state index contributed by atoms with van der Waals surface area (Å²) >= 11 is 0. The fourth-order valence-corrected chi connectivity index (χ4v) is 2.81. The first-order valence-electron chi connectivity index (χ1n) is 8.24. The third kappa shape index (κ3) is 4.23. The number of amides is 3. The largest absolute Gasteiger partial charge is 0.335 e. The van der Waals surface area contributed by atoms with Crippen LogP contribution in [0.25, 0.3) is 0 Å². The molecule has 0 aromatic heterocycles. The molecule has 3 amide bonds. The molecule has 0 radical (unpaired) electrons. The number of rotatable bonds is 4. The number of nitrogens with zero attached hydrogens (tertiary/aromatic N) is 2. The van der Waals surface area contributed by atoms with Crippen molar-refractivity contribution in [3.63, 3.8) is 0 Å². The van der Waals surface area contributed by atoms with Gasteiger partial charge in [-0.2, -0.15) is 4.39 Å². The summed E-state index contributed by atoms with van der Waals surface area (Å²) in [6.07, 6.45) is 3.09. The number of carbonyl (C=O) groups excluding carboxylic acids is 2. The van der Waals surface area contributed by atoms with E-state index in [9.17, 15) is 24.1 Å². The third-order valence-corrected chi connectivity index (χ3v) is 4.47. The lowest BCUT2D eigenvalue weighted by atomic mass is 9.96. The zero-order valence-electron chi connectivity index (χ0n) is 13.5. The molecule has 2 aliphatic rings. The highest BCUT2D eigenvalue weighted by molar-refractivity contribution is 5.93. The smallest absolute Gasteiger partial charge is 0.317 e. The lowest BCUT2D eigenvalue weighted by Gasteiger charge is -2.31. The molecule has 2 fully saturated rings. The lowest BCUT2D eigenvalue weighted by molar-refractivity contribution is -0.387. The van der Waals surface area contributed by atoms with Gasteiger partial charge in [-0.1, -0.05) is 0 Å². The van der Waals surface area contributed by atoms with Gasteiger partial charge in [0.1, 0.15) is 0 Å². The molecule has 1 aromatic carbocycles. The van der Waals surface area contributed by atoms with Crippen molar-refractivity contribution in [2.75, 3.05) is 18.4 Å². The van der Waals surface area contributed by atoms with Crippen LogP contribution in [0.15, 0.2) is 18.2 Å². The van der Waals surface area contributed by atoms with E-state index in [4.69, 9.17) is 0 Å². The summed E-state index contributed by atoms with van der Waals surface area (Å²) in [5, 5.41) is 16.3. The number of nitro benzene ring substituents is 1. The van der Waals surface area contributed by atoms with Crippen molar-refractivity contribution in [2.24, 2.45) is 5.92 Å². The zero-order chi connectivity index (χ0) is 18.0. The number of urea groups is 1. The Morgan fingerprint density at radius 1 is 1.20 bits per heavy atom. The first-order valence-corrected chi connectivity index (χ1v) is 8.24. The van der Waals surface area contributed by atoms with Crippen LogP contribution in [-0.2, 0) is 4.79 Å². The SMILES string of the molecule is O=C(Nc1ccc(F)c([N+](=O)[O-])c1)C1CCN(C(=O)NC2CC2)CC1. The minimum atomic E-state index is -0.946. The molecule has 1 heterocycles. The van der Waals surface area contributed by atoms with Gasteiger partial charge in [-0.15, -0.1) is 0 Å². The number of benzene rings is 1. The van der Waals surface area contributed by atoms with Crippen LogP contribution >= 0.6 is 0 Å². The number of anilines is 1. The number of halogens is 1. The molecule has 2 N–H and O–H groups in total. The molecular formula is C16H19FN4O4. The van der Waals surface area contributed by atoms with Crippen LogP contribution in [0.2, 0.25) is 0 Å². The maximum absolute atomic E-state index is 13.3. The predicted octanol–water partition coefficient (Wildman–Crippen LogP) is 2.26. The van der Waals surface area contributed by atoms with E-state index in [1.807, 2.05) is 0 Å². The fourth-order valence-electron chi connectivity index (χ4n) is 2.81. The highest BCUT2D eigenvalue weighted by atomic mass is 19.1. The number of hydrogen-bond acceptors (Lipinski definition) is 4. The van der Waals surface area contributed by atoms with Gasteiger partial charge in [-0.3, -0.25) is 14.9 Å². The highest BCUT2D eigenvalue weighted by Gasteiger charge is 2.30. The molecule has 1 aliphatic carbocycles. The minimum Gasteiger partial charge on any atom is -0.335 e. The first kappa shape index (κ1) is 17.1. The molecule has 3 rings (SSSR count). The van der Waals surface area contributed by atoms with Crippen molar-refractivity contribution in [3.05, 3.63) is 34.1 Å². The maximum atomic E-state index is 13.3. The Labute approximate surface area is 143 Å². The quantitative estimate of drug-likeness (QED) is 0.642. The first-order chi connectivity index (χ1) is 11.9. The van der Waals surface area contributed by atoms with Crippen LogP contribution in [0.4, 0.5) is 20.6 Å². The van der Waals surface area contributed by atoms with E-state index in [0.29, 0.717) is 32.0 Å².